The van der Waals surface area contributed by atoms with Crippen LogP contribution in [0.1, 0.15) is 5.56 Å². The molecule has 0 atom stereocenters. The third-order valence-electron chi connectivity index (χ3n) is 4.73. The molecule has 4 nitrogen and oxygen atoms in total. The molecule has 4 rings (SSSR count). The predicted octanol–water partition coefficient (Wildman–Crippen LogP) is 4.73. The van der Waals surface area contributed by atoms with E-state index in [2.05, 4.69) is 10.3 Å². The lowest BCUT2D eigenvalue weighted by molar-refractivity contribution is 0.369. The maximum atomic E-state index is 14.3. The molecule has 158 valence electrons. The molecule has 2 aromatic carbocycles. The molecule has 0 aliphatic carbocycles. The monoisotopic (exact) mass is 442 g/mol. The topological polar surface area (TPSA) is 55.9 Å². The van der Waals surface area contributed by atoms with Crippen LogP contribution in [0.5, 0.6) is 0 Å². The van der Waals surface area contributed by atoms with Crippen LogP contribution in [0.25, 0.3) is 21.8 Å². The van der Waals surface area contributed by atoms with E-state index in [1.54, 1.807) is 36.5 Å². The first-order valence-corrected chi connectivity index (χ1v) is 8.75. The second kappa shape index (κ2) is 8.45. The van der Waals surface area contributed by atoms with Crippen LogP contribution in [-0.4, -0.2) is 22.6 Å². The number of nitrogens with one attached hydrogen (secondary N) is 1. The van der Waals surface area contributed by atoms with Crippen LogP contribution in [0.15, 0.2) is 36.5 Å². The minimum absolute atomic E-state index is 0. The number of hydrogen-bond donors (Lipinski definition) is 2. The number of aromatic nitrogens is 2. The number of nitrogens with zero attached hydrogens (tertiary/aromatic N) is 2. The largest absolute Gasteiger partial charge is 0.367 e. The highest BCUT2D eigenvalue weighted by molar-refractivity contribution is 6.11. The third-order valence-corrected chi connectivity index (χ3v) is 4.73. The molecular formula is C20H16ClF5N4. The summed E-state index contributed by atoms with van der Waals surface area (Å²) >= 11 is 0. The Hall–Kier alpha value is -2.91. The number of pyridine rings is 1. The summed E-state index contributed by atoms with van der Waals surface area (Å²) in [5.74, 6) is -9.44. The zero-order valence-electron chi connectivity index (χ0n) is 15.4. The van der Waals surface area contributed by atoms with Gasteiger partial charge in [0.1, 0.15) is 0 Å². The van der Waals surface area contributed by atoms with Gasteiger partial charge in [0.2, 0.25) is 5.82 Å². The molecule has 0 saturated heterocycles. The van der Waals surface area contributed by atoms with Gasteiger partial charge in [-0.15, -0.1) is 12.4 Å². The first kappa shape index (κ1) is 21.8. The summed E-state index contributed by atoms with van der Waals surface area (Å²) in [7, 11) is 0. The molecule has 0 unspecified atom stereocenters. The Morgan fingerprint density at radius 2 is 1.50 bits per heavy atom. The summed E-state index contributed by atoms with van der Waals surface area (Å²) in [6.45, 7) is 0.130. The third kappa shape index (κ3) is 3.33. The Bertz CT molecular complexity index is 1210. The maximum Gasteiger partial charge on any atom is 0.200 e. The lowest BCUT2D eigenvalue weighted by Gasteiger charge is -2.13. The second-order valence-electron chi connectivity index (χ2n) is 6.42. The fraction of sp³-hybridized carbons (Fsp3) is 0.150. The van der Waals surface area contributed by atoms with Gasteiger partial charge in [-0.25, -0.2) is 26.9 Å². The Morgan fingerprint density at radius 3 is 2.17 bits per heavy atom. The zero-order chi connectivity index (χ0) is 20.7. The van der Waals surface area contributed by atoms with Crippen molar-refractivity contribution in [1.82, 2.24) is 9.55 Å². The molecular weight excluding hydrogens is 427 g/mol. The van der Waals surface area contributed by atoms with Crippen molar-refractivity contribution in [3.05, 3.63) is 71.2 Å². The van der Waals surface area contributed by atoms with Crippen LogP contribution in [0, 0.1) is 29.1 Å². The molecule has 3 N–H and O–H groups in total. The van der Waals surface area contributed by atoms with E-state index >= 15 is 0 Å². The number of rotatable bonds is 5. The van der Waals surface area contributed by atoms with Crippen molar-refractivity contribution in [3.8, 4) is 0 Å². The molecule has 2 heterocycles. The minimum atomic E-state index is -2.18. The summed E-state index contributed by atoms with van der Waals surface area (Å²) in [5.41, 5.74) is 5.65. The van der Waals surface area contributed by atoms with Gasteiger partial charge in [-0.1, -0.05) is 18.2 Å². The van der Waals surface area contributed by atoms with Gasteiger partial charge in [-0.05, 0) is 12.1 Å². The molecule has 0 aliphatic heterocycles. The molecule has 10 heteroatoms. The standard InChI is InChI=1S/C20H15F5N4.ClH/c21-14-12(15(22)17(24)18(25)16(14)23)9-29-13-4-2-1-3-10(13)11-5-7-27-20(19(11)29)28-8-6-26;/h1-5,7H,6,8-9,26H2,(H,27,28);1H. The van der Waals surface area contributed by atoms with Gasteiger partial charge in [0.05, 0.1) is 12.1 Å². The number of nitrogens with two attached hydrogens (primary N) is 1. The highest BCUT2D eigenvalue weighted by Gasteiger charge is 2.27. The normalized spacial score (nSPS) is 11.1. The summed E-state index contributed by atoms with van der Waals surface area (Å²) in [4.78, 5) is 4.25. The Morgan fingerprint density at radius 1 is 0.867 bits per heavy atom. The molecule has 4 aromatic rings. The van der Waals surface area contributed by atoms with Gasteiger partial charge in [0.15, 0.2) is 29.1 Å². The smallest absolute Gasteiger partial charge is 0.200 e. The number of halogens is 6. The lowest BCUT2D eigenvalue weighted by Crippen LogP contribution is -2.15. The van der Waals surface area contributed by atoms with Gasteiger partial charge >= 0.3 is 0 Å². The number of fused-ring (bicyclic) bond motifs is 3. The van der Waals surface area contributed by atoms with Crippen LogP contribution in [0.3, 0.4) is 0 Å². The maximum absolute atomic E-state index is 14.3. The highest BCUT2D eigenvalue weighted by atomic mass is 35.5. The minimum Gasteiger partial charge on any atom is -0.367 e. The van der Waals surface area contributed by atoms with Crippen molar-refractivity contribution in [3.63, 3.8) is 0 Å². The number of para-hydroxylation sites is 1. The fourth-order valence-electron chi connectivity index (χ4n) is 3.43. The molecule has 0 saturated carbocycles. The Kier molecular flexibility index (Phi) is 6.14. The molecule has 0 amide bonds. The van der Waals surface area contributed by atoms with Crippen molar-refractivity contribution in [2.75, 3.05) is 18.4 Å². The SMILES string of the molecule is Cl.NCCNc1nccc2c3ccccc3n(Cc3c(F)c(F)c(F)c(F)c3F)c12. The van der Waals surface area contributed by atoms with Crippen molar-refractivity contribution in [1.29, 1.82) is 0 Å². The summed E-state index contributed by atoms with van der Waals surface area (Å²) < 4.78 is 70.9. The summed E-state index contributed by atoms with van der Waals surface area (Å²) in [5, 5.41) is 4.51. The molecule has 0 fully saturated rings. The van der Waals surface area contributed by atoms with Gasteiger partial charge < -0.3 is 15.6 Å². The van der Waals surface area contributed by atoms with Crippen LogP contribution in [0.4, 0.5) is 27.8 Å². The van der Waals surface area contributed by atoms with Crippen molar-refractivity contribution in [2.45, 2.75) is 6.54 Å². The van der Waals surface area contributed by atoms with E-state index in [1.165, 1.54) is 4.57 Å². The van der Waals surface area contributed by atoms with Crippen molar-refractivity contribution < 1.29 is 22.0 Å². The molecule has 30 heavy (non-hydrogen) atoms. The van der Waals surface area contributed by atoms with E-state index in [1.807, 2.05) is 0 Å². The van der Waals surface area contributed by atoms with Crippen LogP contribution >= 0.6 is 12.4 Å². The first-order chi connectivity index (χ1) is 14.0. The van der Waals surface area contributed by atoms with Gasteiger partial charge in [-0.2, -0.15) is 0 Å². The van der Waals surface area contributed by atoms with Gasteiger partial charge in [0, 0.05) is 41.1 Å². The summed E-state index contributed by atoms with van der Waals surface area (Å²) in [6, 6.07) is 8.74. The number of benzene rings is 2. The zero-order valence-corrected chi connectivity index (χ0v) is 16.2. The highest BCUT2D eigenvalue weighted by Crippen LogP contribution is 2.34. The van der Waals surface area contributed by atoms with E-state index in [-0.39, 0.29) is 12.4 Å². The molecule has 0 bridgehead atoms. The first-order valence-electron chi connectivity index (χ1n) is 8.75. The fourth-order valence-corrected chi connectivity index (χ4v) is 3.43. The van der Waals surface area contributed by atoms with E-state index < -0.39 is 41.2 Å². The Balaban J connectivity index is 0.00000256. The van der Waals surface area contributed by atoms with Crippen LogP contribution < -0.4 is 11.1 Å². The van der Waals surface area contributed by atoms with E-state index in [9.17, 15) is 22.0 Å². The van der Waals surface area contributed by atoms with Gasteiger partial charge in [-0.3, -0.25) is 0 Å². The molecule has 2 aromatic heterocycles. The summed E-state index contributed by atoms with van der Waals surface area (Å²) in [6.07, 6.45) is 1.57. The number of anilines is 1. The lowest BCUT2D eigenvalue weighted by atomic mass is 10.1. The van der Waals surface area contributed by atoms with Crippen molar-refractivity contribution in [2.24, 2.45) is 5.73 Å². The molecule has 0 aliphatic rings. The predicted molar refractivity (Wildman–Crippen MR) is 107 cm³/mol. The van der Waals surface area contributed by atoms with E-state index in [0.29, 0.717) is 29.9 Å². The second-order valence-corrected chi connectivity index (χ2v) is 6.42. The van der Waals surface area contributed by atoms with Crippen LogP contribution in [0.2, 0.25) is 0 Å². The van der Waals surface area contributed by atoms with Gasteiger partial charge in [0.25, 0.3) is 0 Å². The van der Waals surface area contributed by atoms with Crippen molar-refractivity contribution >= 4 is 40.0 Å². The molecule has 0 radical (unpaired) electrons. The van der Waals surface area contributed by atoms with E-state index in [4.69, 9.17) is 5.73 Å². The average molecular weight is 443 g/mol. The number of hydrogen-bond acceptors (Lipinski definition) is 3. The van der Waals surface area contributed by atoms with E-state index in [0.717, 1.165) is 10.8 Å². The van der Waals surface area contributed by atoms with Crippen LogP contribution in [-0.2, 0) is 6.54 Å². The Labute approximate surface area is 173 Å². The quantitative estimate of drug-likeness (QED) is 0.267. The molecule has 0 spiro atoms. The average Bonchev–Trinajstić information content (AvgIpc) is 3.07.